The average molecular weight is 276 g/mol. The van der Waals surface area contributed by atoms with E-state index in [1.54, 1.807) is 0 Å². The van der Waals surface area contributed by atoms with Crippen molar-refractivity contribution in [3.05, 3.63) is 0 Å². The minimum absolute atomic E-state index is 0.106. The smallest absolute Gasteiger partial charge is 0.306 e. The lowest BCUT2D eigenvalue weighted by atomic mass is 9.51. The van der Waals surface area contributed by atoms with Crippen LogP contribution in [-0.2, 0) is 9.53 Å². The Hall–Kier alpha value is -0.530. The molecule has 0 amide bonds. The minimum Gasteiger partial charge on any atom is -0.465 e. The summed E-state index contributed by atoms with van der Waals surface area (Å²) in [4.78, 5) is 12.2. The van der Waals surface area contributed by atoms with Crippen LogP contribution in [-0.4, -0.2) is 12.6 Å². The van der Waals surface area contributed by atoms with E-state index in [9.17, 15) is 4.79 Å². The third kappa shape index (κ3) is 2.51. The predicted molar refractivity (Wildman–Crippen MR) is 78.1 cm³/mol. The first-order valence-electron chi connectivity index (χ1n) is 8.93. The second-order valence-corrected chi connectivity index (χ2v) is 8.13. The van der Waals surface area contributed by atoms with Crippen LogP contribution < -0.4 is 0 Å². The number of ether oxygens (including phenoxy) is 1. The average Bonchev–Trinajstić information content (AvgIpc) is 2.93. The number of carbonyl (C=O) groups excluding carboxylic acids is 1. The Balaban J connectivity index is 1.29. The van der Waals surface area contributed by atoms with Crippen LogP contribution in [0, 0.1) is 35.5 Å². The Kier molecular flexibility index (Phi) is 3.52. The van der Waals surface area contributed by atoms with Gasteiger partial charge in [0.1, 0.15) is 0 Å². The number of rotatable bonds is 4. The number of carbonyl (C=O) groups is 1. The first-order chi connectivity index (χ1) is 9.78. The molecular formula is C18H28O2. The molecule has 0 spiro atoms. The predicted octanol–water partition coefficient (Wildman–Crippen LogP) is 4.18. The van der Waals surface area contributed by atoms with E-state index in [-0.39, 0.29) is 5.97 Å². The lowest BCUT2D eigenvalue weighted by molar-refractivity contribution is -0.150. The summed E-state index contributed by atoms with van der Waals surface area (Å²) >= 11 is 0. The van der Waals surface area contributed by atoms with Crippen LogP contribution in [0.5, 0.6) is 0 Å². The molecule has 0 aliphatic heterocycles. The largest absolute Gasteiger partial charge is 0.465 e. The quantitative estimate of drug-likeness (QED) is 0.720. The van der Waals surface area contributed by atoms with Gasteiger partial charge in [-0.05, 0) is 80.5 Å². The Bertz CT molecular complexity index is 342. The zero-order valence-electron chi connectivity index (χ0n) is 12.6. The van der Waals surface area contributed by atoms with Gasteiger partial charge in [-0.1, -0.05) is 12.8 Å². The van der Waals surface area contributed by atoms with Crippen molar-refractivity contribution < 1.29 is 9.53 Å². The minimum atomic E-state index is 0.106. The maximum Gasteiger partial charge on any atom is 0.306 e. The molecular weight excluding hydrogens is 248 g/mol. The van der Waals surface area contributed by atoms with Crippen molar-refractivity contribution in [2.24, 2.45) is 35.5 Å². The summed E-state index contributed by atoms with van der Waals surface area (Å²) in [6.07, 6.45) is 13.1. The fourth-order valence-corrected chi connectivity index (χ4v) is 6.01. The molecule has 0 unspecified atom stereocenters. The first-order valence-corrected chi connectivity index (χ1v) is 8.93. The molecule has 0 radical (unpaired) electrons. The van der Waals surface area contributed by atoms with Crippen molar-refractivity contribution in [1.82, 2.24) is 0 Å². The van der Waals surface area contributed by atoms with Crippen LogP contribution in [0.1, 0.15) is 64.2 Å². The van der Waals surface area contributed by atoms with Gasteiger partial charge in [-0.15, -0.1) is 0 Å². The lowest BCUT2D eigenvalue weighted by Gasteiger charge is -2.54. The van der Waals surface area contributed by atoms with E-state index in [4.69, 9.17) is 4.74 Å². The highest BCUT2D eigenvalue weighted by Crippen LogP contribution is 2.57. The maximum absolute atomic E-state index is 12.2. The van der Waals surface area contributed by atoms with Gasteiger partial charge in [-0.25, -0.2) is 0 Å². The SMILES string of the molecule is O=C(CC1C2CC3CC(C2)CC1C3)OCC1CCCC1. The van der Waals surface area contributed by atoms with Crippen molar-refractivity contribution in [3.8, 4) is 0 Å². The van der Waals surface area contributed by atoms with Crippen LogP contribution in [0.25, 0.3) is 0 Å². The number of hydrogen-bond acceptors (Lipinski definition) is 2. The van der Waals surface area contributed by atoms with Gasteiger partial charge in [0, 0.05) is 6.42 Å². The van der Waals surface area contributed by atoms with Crippen molar-refractivity contribution >= 4 is 5.97 Å². The highest BCUT2D eigenvalue weighted by atomic mass is 16.5. The van der Waals surface area contributed by atoms with Crippen molar-refractivity contribution in [1.29, 1.82) is 0 Å². The topological polar surface area (TPSA) is 26.3 Å². The van der Waals surface area contributed by atoms with Crippen LogP contribution in [0.4, 0.5) is 0 Å². The third-order valence-electron chi connectivity index (χ3n) is 6.78. The lowest BCUT2D eigenvalue weighted by Crippen LogP contribution is -2.45. The Morgan fingerprint density at radius 2 is 1.50 bits per heavy atom. The van der Waals surface area contributed by atoms with Crippen molar-refractivity contribution in [2.75, 3.05) is 6.61 Å². The fourth-order valence-electron chi connectivity index (χ4n) is 6.01. The number of esters is 1. The summed E-state index contributed by atoms with van der Waals surface area (Å²) in [5, 5.41) is 0. The van der Waals surface area contributed by atoms with E-state index < -0.39 is 0 Å². The third-order valence-corrected chi connectivity index (χ3v) is 6.78. The molecule has 2 nitrogen and oxygen atoms in total. The van der Waals surface area contributed by atoms with E-state index in [1.807, 2.05) is 0 Å². The molecule has 5 saturated carbocycles. The normalized spacial score (nSPS) is 43.1. The number of hydrogen-bond donors (Lipinski definition) is 0. The zero-order chi connectivity index (χ0) is 13.5. The molecule has 0 saturated heterocycles. The van der Waals surface area contributed by atoms with E-state index in [1.165, 1.54) is 57.8 Å². The second-order valence-electron chi connectivity index (χ2n) is 8.13. The summed E-state index contributed by atoms with van der Waals surface area (Å²) in [6, 6.07) is 0. The van der Waals surface area contributed by atoms with Gasteiger partial charge in [-0.2, -0.15) is 0 Å². The first kappa shape index (κ1) is 13.2. The molecule has 0 aromatic carbocycles. The molecule has 0 atom stereocenters. The highest BCUT2D eigenvalue weighted by molar-refractivity contribution is 5.69. The Morgan fingerprint density at radius 3 is 2.10 bits per heavy atom. The highest BCUT2D eigenvalue weighted by Gasteiger charge is 2.48. The molecule has 5 aliphatic rings. The Labute approximate surface area is 122 Å². The monoisotopic (exact) mass is 276 g/mol. The van der Waals surface area contributed by atoms with Crippen LogP contribution >= 0.6 is 0 Å². The Morgan fingerprint density at radius 1 is 0.900 bits per heavy atom. The fraction of sp³-hybridized carbons (Fsp3) is 0.944. The van der Waals surface area contributed by atoms with Gasteiger partial charge in [0.25, 0.3) is 0 Å². The molecule has 5 aliphatic carbocycles. The van der Waals surface area contributed by atoms with E-state index in [2.05, 4.69) is 0 Å². The summed E-state index contributed by atoms with van der Waals surface area (Å²) in [7, 11) is 0. The molecule has 5 rings (SSSR count). The van der Waals surface area contributed by atoms with Crippen molar-refractivity contribution in [2.45, 2.75) is 64.2 Å². The molecule has 112 valence electrons. The standard InChI is InChI=1S/C18H28O2/c19-18(20-11-12-3-1-2-4-12)10-17-15-6-13-5-14(8-15)9-16(17)7-13/h12-17H,1-11H2. The van der Waals surface area contributed by atoms with Gasteiger partial charge >= 0.3 is 5.97 Å². The molecule has 20 heavy (non-hydrogen) atoms. The summed E-state index contributed by atoms with van der Waals surface area (Å²) in [5.74, 6) is 5.15. The molecule has 0 aromatic rings. The van der Waals surface area contributed by atoms with E-state index in [0.717, 1.165) is 30.1 Å². The van der Waals surface area contributed by atoms with Gasteiger partial charge in [0.15, 0.2) is 0 Å². The van der Waals surface area contributed by atoms with Gasteiger partial charge in [0.05, 0.1) is 6.61 Å². The molecule has 0 N–H and O–H groups in total. The maximum atomic E-state index is 12.2. The molecule has 4 bridgehead atoms. The van der Waals surface area contributed by atoms with E-state index >= 15 is 0 Å². The zero-order valence-corrected chi connectivity index (χ0v) is 12.6. The summed E-state index contributed by atoms with van der Waals surface area (Å²) in [6.45, 7) is 0.701. The molecule has 0 heterocycles. The van der Waals surface area contributed by atoms with Gasteiger partial charge in [-0.3, -0.25) is 4.79 Å². The van der Waals surface area contributed by atoms with Crippen LogP contribution in [0.3, 0.4) is 0 Å². The molecule has 2 heteroatoms. The van der Waals surface area contributed by atoms with Gasteiger partial charge in [0.2, 0.25) is 0 Å². The van der Waals surface area contributed by atoms with Gasteiger partial charge < -0.3 is 4.74 Å². The van der Waals surface area contributed by atoms with Crippen molar-refractivity contribution in [3.63, 3.8) is 0 Å². The van der Waals surface area contributed by atoms with Crippen LogP contribution in [0.15, 0.2) is 0 Å². The van der Waals surface area contributed by atoms with E-state index in [0.29, 0.717) is 18.4 Å². The van der Waals surface area contributed by atoms with Crippen LogP contribution in [0.2, 0.25) is 0 Å². The second kappa shape index (κ2) is 5.35. The molecule has 0 aromatic heterocycles. The summed E-state index contributed by atoms with van der Waals surface area (Å²) in [5.41, 5.74) is 0. The summed E-state index contributed by atoms with van der Waals surface area (Å²) < 4.78 is 5.59. The molecule has 5 fully saturated rings.